The minimum absolute atomic E-state index is 0.173. The number of carboxylic acids is 2. The van der Waals surface area contributed by atoms with E-state index in [1.807, 2.05) is 0 Å². The standard InChI is InChI=1S/C8H6O7S/c9-7(10)4-1-5(8(11)12)3-6(2-4)16-15-14-13/h1-3,13H,(H,9,10)(H,11,12). The van der Waals surface area contributed by atoms with Crippen molar-refractivity contribution in [1.82, 2.24) is 0 Å². The maximum Gasteiger partial charge on any atom is 0.335 e. The fourth-order valence-corrected chi connectivity index (χ4v) is 1.41. The molecule has 16 heavy (non-hydrogen) atoms. The van der Waals surface area contributed by atoms with Gasteiger partial charge in [-0.3, -0.25) is 0 Å². The lowest BCUT2D eigenvalue weighted by atomic mass is 10.1. The summed E-state index contributed by atoms with van der Waals surface area (Å²) in [6.45, 7) is 0. The highest BCUT2D eigenvalue weighted by Gasteiger charge is 2.12. The molecule has 0 spiro atoms. The van der Waals surface area contributed by atoms with E-state index in [1.54, 1.807) is 0 Å². The van der Waals surface area contributed by atoms with E-state index in [4.69, 9.17) is 15.5 Å². The fraction of sp³-hybridized carbons (Fsp3) is 0. The maximum atomic E-state index is 10.7. The molecule has 0 aromatic heterocycles. The summed E-state index contributed by atoms with van der Waals surface area (Å²) in [5, 5.41) is 28.7. The summed E-state index contributed by atoms with van der Waals surface area (Å²) in [5.41, 5.74) is -0.409. The molecule has 0 fully saturated rings. The molecule has 0 saturated carbocycles. The number of rotatable bonds is 5. The van der Waals surface area contributed by atoms with Crippen LogP contribution in [0.4, 0.5) is 0 Å². The van der Waals surface area contributed by atoms with Crippen LogP contribution >= 0.6 is 12.0 Å². The van der Waals surface area contributed by atoms with Gasteiger partial charge in [0.15, 0.2) is 0 Å². The molecule has 3 N–H and O–H groups in total. The van der Waals surface area contributed by atoms with Gasteiger partial charge in [-0.15, -0.1) is 4.33 Å². The summed E-state index contributed by atoms with van der Waals surface area (Å²) in [5.74, 6) is -2.54. The van der Waals surface area contributed by atoms with Crippen LogP contribution < -0.4 is 0 Å². The number of hydrogen-bond acceptors (Lipinski definition) is 6. The van der Waals surface area contributed by atoms with Gasteiger partial charge in [0.2, 0.25) is 0 Å². The second kappa shape index (κ2) is 5.47. The monoisotopic (exact) mass is 246 g/mol. The van der Waals surface area contributed by atoms with Crippen LogP contribution in [0.15, 0.2) is 23.1 Å². The third kappa shape index (κ3) is 3.21. The molecule has 0 aliphatic rings. The lowest BCUT2D eigenvalue weighted by molar-refractivity contribution is -0.432. The Balaban J connectivity index is 3.08. The first-order valence-electron chi connectivity index (χ1n) is 3.81. The molecule has 0 radical (unpaired) electrons. The molecule has 0 aliphatic heterocycles. The molecule has 1 aromatic carbocycles. The average molecular weight is 246 g/mol. The zero-order valence-corrected chi connectivity index (χ0v) is 8.43. The number of carbonyl (C=O) groups is 2. The Kier molecular flexibility index (Phi) is 4.26. The Morgan fingerprint density at radius 3 is 1.94 bits per heavy atom. The van der Waals surface area contributed by atoms with Crippen molar-refractivity contribution >= 4 is 24.0 Å². The molecule has 0 saturated heterocycles. The van der Waals surface area contributed by atoms with E-state index in [0.29, 0.717) is 12.0 Å². The Hall–Kier alpha value is -1.61. The smallest absolute Gasteiger partial charge is 0.335 e. The molecule has 7 nitrogen and oxygen atoms in total. The highest BCUT2D eigenvalue weighted by Crippen LogP contribution is 2.22. The lowest BCUT2D eigenvalue weighted by Crippen LogP contribution is -2.02. The van der Waals surface area contributed by atoms with Gasteiger partial charge in [0.1, 0.15) is 0 Å². The van der Waals surface area contributed by atoms with Gasteiger partial charge in [0.25, 0.3) is 0 Å². The Morgan fingerprint density at radius 1 is 1.06 bits per heavy atom. The minimum Gasteiger partial charge on any atom is -0.478 e. The minimum atomic E-state index is -1.27. The quantitative estimate of drug-likeness (QED) is 0.407. The second-order valence-corrected chi connectivity index (χ2v) is 3.36. The zero-order chi connectivity index (χ0) is 12.1. The van der Waals surface area contributed by atoms with E-state index in [9.17, 15) is 9.59 Å². The molecule has 0 heterocycles. The van der Waals surface area contributed by atoms with Gasteiger partial charge in [-0.25, -0.2) is 14.8 Å². The highest BCUT2D eigenvalue weighted by atomic mass is 32.2. The van der Waals surface area contributed by atoms with Crippen LogP contribution in [0.3, 0.4) is 0 Å². The van der Waals surface area contributed by atoms with Gasteiger partial charge < -0.3 is 10.2 Å². The predicted octanol–water partition coefficient (Wildman–Crippen LogP) is 1.51. The van der Waals surface area contributed by atoms with Crippen molar-refractivity contribution in [2.24, 2.45) is 0 Å². The van der Waals surface area contributed by atoms with E-state index in [0.717, 1.165) is 6.07 Å². The molecule has 1 rings (SSSR count). The SMILES string of the molecule is O=C(O)c1cc(SOOO)cc(C(=O)O)c1. The summed E-state index contributed by atoms with van der Waals surface area (Å²) in [4.78, 5) is 21.5. The largest absolute Gasteiger partial charge is 0.478 e. The molecule has 0 unspecified atom stereocenters. The van der Waals surface area contributed by atoms with Crippen molar-refractivity contribution in [2.75, 3.05) is 0 Å². The molecule has 1 aromatic rings. The summed E-state index contributed by atoms with van der Waals surface area (Å²) in [6.07, 6.45) is 0. The first kappa shape index (κ1) is 12.5. The van der Waals surface area contributed by atoms with Crippen LogP contribution in [0.2, 0.25) is 0 Å². The van der Waals surface area contributed by atoms with Crippen molar-refractivity contribution in [2.45, 2.75) is 4.90 Å². The van der Waals surface area contributed by atoms with Gasteiger partial charge in [-0.05, 0) is 18.2 Å². The van der Waals surface area contributed by atoms with Crippen molar-refractivity contribution in [1.29, 1.82) is 0 Å². The van der Waals surface area contributed by atoms with Crippen LogP contribution in [0.25, 0.3) is 0 Å². The van der Waals surface area contributed by atoms with Gasteiger partial charge >= 0.3 is 11.9 Å². The molecule has 86 valence electrons. The van der Waals surface area contributed by atoms with Crippen molar-refractivity contribution < 1.29 is 34.4 Å². The first-order chi connectivity index (χ1) is 7.54. The van der Waals surface area contributed by atoms with E-state index in [2.05, 4.69) is 9.37 Å². The van der Waals surface area contributed by atoms with Crippen molar-refractivity contribution in [3.63, 3.8) is 0 Å². The highest BCUT2D eigenvalue weighted by molar-refractivity contribution is 7.94. The Morgan fingerprint density at radius 2 is 1.56 bits per heavy atom. The molecule has 8 heteroatoms. The predicted molar refractivity (Wildman–Crippen MR) is 51.0 cm³/mol. The summed E-state index contributed by atoms with van der Waals surface area (Å²) < 4.78 is 4.08. The summed E-state index contributed by atoms with van der Waals surface area (Å²) >= 11 is 0.485. The van der Waals surface area contributed by atoms with E-state index < -0.39 is 11.9 Å². The molecule has 0 atom stereocenters. The number of carboxylic acid groups (broad SMARTS) is 2. The fourth-order valence-electron chi connectivity index (χ4n) is 0.949. The summed E-state index contributed by atoms with van der Waals surface area (Å²) in [6, 6.07) is 3.37. The topological polar surface area (TPSA) is 113 Å². The van der Waals surface area contributed by atoms with Crippen LogP contribution in [0, 0.1) is 0 Å². The van der Waals surface area contributed by atoms with Crippen LogP contribution in [-0.2, 0) is 9.37 Å². The second-order valence-electron chi connectivity index (χ2n) is 2.58. The molecular formula is C8H6O7S. The average Bonchev–Trinajstić information content (AvgIpc) is 2.25. The maximum absolute atomic E-state index is 10.7. The van der Waals surface area contributed by atoms with E-state index in [-0.39, 0.29) is 16.0 Å². The molecule has 0 aliphatic carbocycles. The Bertz CT molecular complexity index is 385. The van der Waals surface area contributed by atoms with E-state index in [1.165, 1.54) is 12.1 Å². The lowest BCUT2D eigenvalue weighted by Gasteiger charge is -2.02. The third-order valence-electron chi connectivity index (χ3n) is 1.56. The van der Waals surface area contributed by atoms with Crippen molar-refractivity contribution in [3.8, 4) is 0 Å². The third-order valence-corrected chi connectivity index (χ3v) is 2.12. The van der Waals surface area contributed by atoms with Gasteiger partial charge in [0.05, 0.1) is 23.2 Å². The van der Waals surface area contributed by atoms with Gasteiger partial charge in [0, 0.05) is 4.90 Å². The number of hydrogen-bond donors (Lipinski definition) is 3. The number of benzene rings is 1. The number of aromatic carboxylic acids is 2. The summed E-state index contributed by atoms with van der Waals surface area (Å²) in [7, 11) is 0. The van der Waals surface area contributed by atoms with Gasteiger partial charge in [-0.1, -0.05) is 5.04 Å². The van der Waals surface area contributed by atoms with Crippen LogP contribution in [0.5, 0.6) is 0 Å². The van der Waals surface area contributed by atoms with Crippen molar-refractivity contribution in [3.05, 3.63) is 29.3 Å². The first-order valence-corrected chi connectivity index (χ1v) is 4.55. The normalized spacial score (nSPS) is 10.1. The molecule has 0 amide bonds. The Labute approximate surface area is 93.3 Å². The van der Waals surface area contributed by atoms with Crippen LogP contribution in [0.1, 0.15) is 20.7 Å². The van der Waals surface area contributed by atoms with E-state index >= 15 is 0 Å². The molecule has 0 bridgehead atoms. The molecular weight excluding hydrogens is 240 g/mol. The van der Waals surface area contributed by atoms with Gasteiger partial charge in [-0.2, -0.15) is 0 Å². The van der Waals surface area contributed by atoms with Crippen LogP contribution in [-0.4, -0.2) is 27.4 Å². The zero-order valence-electron chi connectivity index (χ0n) is 7.61.